The van der Waals surface area contributed by atoms with Crippen molar-refractivity contribution in [2.45, 2.75) is 12.8 Å². The van der Waals surface area contributed by atoms with E-state index in [0.717, 1.165) is 6.07 Å². The molecule has 0 aliphatic carbocycles. The molecule has 0 spiro atoms. The molecule has 6 nitrogen and oxygen atoms in total. The molecular weight excluding hydrogens is 417 g/mol. The maximum absolute atomic E-state index is 14.1. The van der Waals surface area contributed by atoms with Gasteiger partial charge >= 0.3 is 0 Å². The molecule has 0 radical (unpaired) electrons. The van der Waals surface area contributed by atoms with E-state index in [0.29, 0.717) is 40.4 Å². The van der Waals surface area contributed by atoms with Gasteiger partial charge in [-0.1, -0.05) is 11.6 Å². The van der Waals surface area contributed by atoms with Crippen LogP contribution in [0.2, 0.25) is 5.02 Å². The molecule has 1 heterocycles. The first-order valence-electron chi connectivity index (χ1n) is 8.56. The number of aromatic nitrogens is 1. The van der Waals surface area contributed by atoms with Gasteiger partial charge in [0.1, 0.15) is 11.9 Å². The average molecular weight is 432 g/mol. The molecule has 2 N–H and O–H groups in total. The topological polar surface area (TPSA) is 103 Å². The van der Waals surface area contributed by atoms with Crippen LogP contribution in [0.3, 0.4) is 0 Å². The number of nitriles is 1. The van der Waals surface area contributed by atoms with Gasteiger partial charge in [-0.2, -0.15) is 5.26 Å². The lowest BCUT2D eigenvalue weighted by atomic mass is 9.98. The predicted molar refractivity (Wildman–Crippen MR) is 108 cm³/mol. The number of halogens is 2. The van der Waals surface area contributed by atoms with Gasteiger partial charge in [0.25, 0.3) is 0 Å². The summed E-state index contributed by atoms with van der Waals surface area (Å²) in [5, 5.41) is 9.78. The highest BCUT2D eigenvalue weighted by atomic mass is 35.5. The Labute approximate surface area is 173 Å². The van der Waals surface area contributed by atoms with Gasteiger partial charge in [0.2, 0.25) is 11.3 Å². The molecule has 1 atom stereocenters. The third kappa shape index (κ3) is 5.02. The fourth-order valence-electron chi connectivity index (χ4n) is 2.92. The lowest BCUT2D eigenvalue weighted by Crippen LogP contribution is -2.18. The van der Waals surface area contributed by atoms with Crippen molar-refractivity contribution < 1.29 is 17.9 Å². The maximum atomic E-state index is 14.1. The fourth-order valence-corrected chi connectivity index (χ4v) is 3.53. The summed E-state index contributed by atoms with van der Waals surface area (Å²) in [6, 6.07) is 10.8. The Morgan fingerprint density at radius 1 is 1.31 bits per heavy atom. The number of ketones is 1. The maximum Gasteiger partial charge on any atom is 0.231 e. The summed E-state index contributed by atoms with van der Waals surface area (Å²) in [4.78, 5) is 17.1. The Balaban J connectivity index is 1.91. The van der Waals surface area contributed by atoms with E-state index < -0.39 is 22.9 Å². The van der Waals surface area contributed by atoms with Crippen LogP contribution in [0.15, 0.2) is 42.6 Å². The third-order valence-electron chi connectivity index (χ3n) is 4.28. The molecule has 0 aliphatic rings. The van der Waals surface area contributed by atoms with Gasteiger partial charge in [-0.15, -0.1) is 0 Å². The van der Waals surface area contributed by atoms with Crippen LogP contribution < -0.4 is 4.72 Å². The van der Waals surface area contributed by atoms with E-state index in [-0.39, 0.29) is 17.1 Å². The second kappa shape index (κ2) is 9.20. The summed E-state index contributed by atoms with van der Waals surface area (Å²) in [6.45, 7) is 0.234. The molecule has 148 valence electrons. The van der Waals surface area contributed by atoms with Crippen molar-refractivity contribution in [2.24, 2.45) is 0 Å². The standard InChI is InChI=1S/C20H15ClFN3O3S/c21-19-13(2-1-5-25-29(27)28)8-16(22)9-17(19)20(26)14-3-4-18-15(7-14)6-12(10-23)11-24-18/h3-4,6-9,11,25H,1-2,5H2,(H,27,28). The minimum Gasteiger partial charge on any atom is -0.294 e. The van der Waals surface area contributed by atoms with Crippen LogP contribution in [0.4, 0.5) is 4.39 Å². The van der Waals surface area contributed by atoms with E-state index in [1.54, 1.807) is 24.3 Å². The van der Waals surface area contributed by atoms with Gasteiger partial charge in [0.15, 0.2) is 5.78 Å². The summed E-state index contributed by atoms with van der Waals surface area (Å²) in [7, 11) is 0. The Bertz CT molecular complexity index is 1160. The lowest BCUT2D eigenvalue weighted by molar-refractivity contribution is 0.103. The minimum atomic E-state index is -2.12. The van der Waals surface area contributed by atoms with Crippen LogP contribution in [0.25, 0.3) is 10.9 Å². The number of hydrogen-bond donors (Lipinski definition) is 2. The zero-order valence-electron chi connectivity index (χ0n) is 15.0. The molecule has 3 aromatic rings. The molecule has 0 saturated heterocycles. The molecule has 29 heavy (non-hydrogen) atoms. The van der Waals surface area contributed by atoms with Crippen LogP contribution in [0.5, 0.6) is 0 Å². The second-order valence-electron chi connectivity index (χ2n) is 6.25. The van der Waals surface area contributed by atoms with Gasteiger partial charge < -0.3 is 0 Å². The molecular formula is C20H15ClFN3O3S. The first-order valence-corrected chi connectivity index (χ1v) is 10.0. The summed E-state index contributed by atoms with van der Waals surface area (Å²) < 4.78 is 35.8. The number of carbonyl (C=O) groups excluding carboxylic acids is 1. The highest BCUT2D eigenvalue weighted by Crippen LogP contribution is 2.27. The largest absolute Gasteiger partial charge is 0.294 e. The molecule has 0 amide bonds. The third-order valence-corrected chi connectivity index (χ3v) is 5.18. The first kappa shape index (κ1) is 21.0. The Morgan fingerprint density at radius 2 is 2.10 bits per heavy atom. The van der Waals surface area contributed by atoms with Gasteiger partial charge in [0, 0.05) is 29.3 Å². The smallest absolute Gasteiger partial charge is 0.231 e. The molecule has 1 unspecified atom stereocenters. The number of nitrogens with zero attached hydrogens (tertiary/aromatic N) is 2. The molecule has 9 heteroatoms. The van der Waals surface area contributed by atoms with Gasteiger partial charge in [-0.3, -0.25) is 14.3 Å². The van der Waals surface area contributed by atoms with E-state index in [2.05, 4.69) is 9.71 Å². The second-order valence-corrected chi connectivity index (χ2v) is 7.41. The number of pyridine rings is 1. The van der Waals surface area contributed by atoms with Crippen LogP contribution in [0, 0.1) is 17.1 Å². The molecule has 3 rings (SSSR count). The number of hydrogen-bond acceptors (Lipinski definition) is 4. The van der Waals surface area contributed by atoms with E-state index in [9.17, 15) is 13.4 Å². The van der Waals surface area contributed by atoms with Gasteiger partial charge in [-0.05, 0) is 54.8 Å². The van der Waals surface area contributed by atoms with Crippen molar-refractivity contribution >= 4 is 39.6 Å². The van der Waals surface area contributed by atoms with Gasteiger partial charge in [-0.25, -0.2) is 13.3 Å². The number of benzene rings is 2. The molecule has 1 aromatic heterocycles. The van der Waals surface area contributed by atoms with E-state index in [4.69, 9.17) is 21.4 Å². The van der Waals surface area contributed by atoms with E-state index in [1.165, 1.54) is 12.3 Å². The summed E-state index contributed by atoms with van der Waals surface area (Å²) in [5.74, 6) is -1.05. The van der Waals surface area contributed by atoms with Crippen molar-refractivity contribution in [2.75, 3.05) is 6.54 Å². The number of fused-ring (bicyclic) bond motifs is 1. The van der Waals surface area contributed by atoms with E-state index in [1.807, 2.05) is 6.07 Å². The predicted octanol–water partition coefficient (Wildman–Crippen LogP) is 3.79. The lowest BCUT2D eigenvalue weighted by Gasteiger charge is -2.10. The summed E-state index contributed by atoms with van der Waals surface area (Å²) in [6.07, 6.45) is 2.21. The fraction of sp³-hybridized carbons (Fsp3) is 0.150. The molecule has 0 aliphatic heterocycles. The summed E-state index contributed by atoms with van der Waals surface area (Å²) >= 11 is 4.24. The van der Waals surface area contributed by atoms with Crippen molar-refractivity contribution in [1.82, 2.24) is 9.71 Å². The Morgan fingerprint density at radius 3 is 2.83 bits per heavy atom. The Hall–Kier alpha value is -2.70. The van der Waals surface area contributed by atoms with Crippen LogP contribution >= 0.6 is 11.6 Å². The van der Waals surface area contributed by atoms with Crippen molar-refractivity contribution in [3.63, 3.8) is 0 Å². The van der Waals surface area contributed by atoms with Crippen molar-refractivity contribution in [3.8, 4) is 6.07 Å². The molecule has 0 saturated carbocycles. The monoisotopic (exact) mass is 431 g/mol. The van der Waals surface area contributed by atoms with Crippen molar-refractivity contribution in [1.29, 1.82) is 5.26 Å². The quantitative estimate of drug-likeness (QED) is 0.336. The zero-order valence-corrected chi connectivity index (χ0v) is 16.6. The van der Waals surface area contributed by atoms with E-state index >= 15 is 0 Å². The van der Waals surface area contributed by atoms with Gasteiger partial charge in [0.05, 0.1) is 16.1 Å². The van der Waals surface area contributed by atoms with Crippen LogP contribution in [-0.4, -0.2) is 26.1 Å². The normalized spacial score (nSPS) is 11.9. The summed E-state index contributed by atoms with van der Waals surface area (Å²) in [5.41, 5.74) is 1.76. The van der Waals surface area contributed by atoms with Crippen molar-refractivity contribution in [3.05, 3.63) is 75.7 Å². The van der Waals surface area contributed by atoms with Crippen LogP contribution in [0.1, 0.15) is 33.5 Å². The van der Waals surface area contributed by atoms with Crippen LogP contribution in [-0.2, 0) is 17.7 Å². The number of aryl methyl sites for hydroxylation is 1. The highest BCUT2D eigenvalue weighted by Gasteiger charge is 2.18. The SMILES string of the molecule is N#Cc1cnc2ccc(C(=O)c3cc(F)cc(CCCNS(=O)O)c3Cl)cc2c1. The molecule has 0 fully saturated rings. The number of rotatable bonds is 7. The highest BCUT2D eigenvalue weighted by molar-refractivity contribution is 7.77. The zero-order chi connectivity index (χ0) is 21.0. The first-order chi connectivity index (χ1) is 13.9. The average Bonchev–Trinajstić information content (AvgIpc) is 2.71. The minimum absolute atomic E-state index is 0.0316. The molecule has 2 aromatic carbocycles. The molecule has 0 bridgehead atoms. The Kier molecular flexibility index (Phi) is 6.67. The number of nitrogens with one attached hydrogen (secondary N) is 1. The number of carbonyl (C=O) groups is 1.